The lowest BCUT2D eigenvalue weighted by Gasteiger charge is -2.09. The van der Waals surface area contributed by atoms with Crippen molar-refractivity contribution in [1.82, 2.24) is 10.6 Å². The van der Waals surface area contributed by atoms with Crippen LogP contribution in [-0.4, -0.2) is 37.6 Å². The van der Waals surface area contributed by atoms with Crippen molar-refractivity contribution in [3.05, 3.63) is 33.4 Å². The lowest BCUT2D eigenvalue weighted by molar-refractivity contribution is -0.120. The maximum atomic E-state index is 11.9. The van der Waals surface area contributed by atoms with Gasteiger partial charge in [0.15, 0.2) is 0 Å². The summed E-state index contributed by atoms with van der Waals surface area (Å²) in [5.41, 5.74) is 0.580. The monoisotopic (exact) mass is 404 g/mol. The van der Waals surface area contributed by atoms with Gasteiger partial charge in [0.25, 0.3) is 5.91 Å². The number of halogens is 1. The second-order valence-electron chi connectivity index (χ2n) is 4.79. The van der Waals surface area contributed by atoms with E-state index in [1.807, 2.05) is 26.0 Å². The molecule has 2 amide bonds. The predicted octanol–water partition coefficient (Wildman–Crippen LogP) is 1.95. The van der Waals surface area contributed by atoms with Gasteiger partial charge in [0.05, 0.1) is 18.2 Å². The first-order valence-electron chi connectivity index (χ1n) is 6.91. The highest BCUT2D eigenvalue weighted by atomic mass is 127. The van der Waals surface area contributed by atoms with Crippen LogP contribution in [0.1, 0.15) is 30.6 Å². The zero-order valence-corrected chi connectivity index (χ0v) is 14.5. The number of hydrogen-bond donors (Lipinski definition) is 2. The normalized spacial score (nSPS) is 10.5. The van der Waals surface area contributed by atoms with E-state index in [0.717, 1.165) is 9.99 Å². The number of ether oxygens (including phenoxy) is 1. The van der Waals surface area contributed by atoms with Crippen molar-refractivity contribution in [1.29, 1.82) is 0 Å². The Morgan fingerprint density at radius 2 is 1.95 bits per heavy atom. The van der Waals surface area contributed by atoms with Crippen molar-refractivity contribution in [2.75, 3.05) is 19.7 Å². The number of amides is 2. The lowest BCUT2D eigenvalue weighted by Crippen LogP contribution is -2.37. The largest absolute Gasteiger partial charge is 0.379 e. The minimum atomic E-state index is -0.238. The Morgan fingerprint density at radius 3 is 2.62 bits per heavy atom. The highest BCUT2D eigenvalue weighted by Gasteiger charge is 2.10. The van der Waals surface area contributed by atoms with Crippen LogP contribution in [0.5, 0.6) is 0 Å². The molecule has 116 valence electrons. The average Bonchev–Trinajstić information content (AvgIpc) is 2.44. The highest BCUT2D eigenvalue weighted by molar-refractivity contribution is 14.1. The standard InChI is InChI=1S/C15H21IN2O3/c1-11(2)21-9-5-8-17-14(19)10-18-15(20)12-6-3-4-7-13(12)16/h3-4,6-7,11H,5,8-10H2,1-2H3,(H,17,19)(H,18,20). The van der Waals surface area contributed by atoms with Crippen molar-refractivity contribution in [2.24, 2.45) is 0 Å². The highest BCUT2D eigenvalue weighted by Crippen LogP contribution is 2.10. The van der Waals surface area contributed by atoms with E-state index in [2.05, 4.69) is 33.2 Å². The third-order valence-electron chi connectivity index (χ3n) is 2.62. The van der Waals surface area contributed by atoms with Crippen LogP contribution in [0.15, 0.2) is 24.3 Å². The minimum absolute atomic E-state index is 0.0190. The number of carbonyl (C=O) groups excluding carboxylic acids is 2. The van der Waals surface area contributed by atoms with Gasteiger partial charge in [-0.25, -0.2) is 0 Å². The smallest absolute Gasteiger partial charge is 0.252 e. The van der Waals surface area contributed by atoms with E-state index >= 15 is 0 Å². The van der Waals surface area contributed by atoms with E-state index in [1.165, 1.54) is 0 Å². The van der Waals surface area contributed by atoms with Crippen molar-refractivity contribution in [3.8, 4) is 0 Å². The molecule has 0 saturated heterocycles. The molecule has 0 radical (unpaired) electrons. The van der Waals surface area contributed by atoms with E-state index < -0.39 is 0 Å². The lowest BCUT2D eigenvalue weighted by atomic mass is 10.2. The van der Waals surface area contributed by atoms with Crippen molar-refractivity contribution >= 4 is 34.4 Å². The number of nitrogens with one attached hydrogen (secondary N) is 2. The molecule has 1 rings (SSSR count). The van der Waals surface area contributed by atoms with E-state index in [1.54, 1.807) is 12.1 Å². The summed E-state index contributed by atoms with van der Waals surface area (Å²) in [6, 6.07) is 7.25. The molecule has 0 saturated carbocycles. The molecule has 0 aromatic heterocycles. The molecule has 0 spiro atoms. The number of carbonyl (C=O) groups is 2. The zero-order chi connectivity index (χ0) is 15.7. The Labute approximate surface area is 139 Å². The molecule has 0 atom stereocenters. The molecule has 0 aliphatic heterocycles. The molecule has 1 aromatic carbocycles. The first kappa shape index (κ1) is 17.9. The summed E-state index contributed by atoms with van der Waals surface area (Å²) < 4.78 is 6.23. The Morgan fingerprint density at radius 1 is 1.24 bits per heavy atom. The Balaban J connectivity index is 2.21. The molecule has 0 fully saturated rings. The number of benzene rings is 1. The second-order valence-corrected chi connectivity index (χ2v) is 5.95. The van der Waals surface area contributed by atoms with E-state index in [-0.39, 0.29) is 24.5 Å². The van der Waals surface area contributed by atoms with Gasteiger partial charge in [0.2, 0.25) is 5.91 Å². The molecule has 21 heavy (non-hydrogen) atoms. The molecule has 0 aliphatic carbocycles. The van der Waals surface area contributed by atoms with E-state index in [9.17, 15) is 9.59 Å². The van der Waals surface area contributed by atoms with Crippen LogP contribution in [0.3, 0.4) is 0 Å². The average molecular weight is 404 g/mol. The van der Waals surface area contributed by atoms with Gasteiger partial charge in [-0.2, -0.15) is 0 Å². The zero-order valence-electron chi connectivity index (χ0n) is 12.3. The topological polar surface area (TPSA) is 67.4 Å². The van der Waals surface area contributed by atoms with Crippen LogP contribution in [-0.2, 0) is 9.53 Å². The number of rotatable bonds is 8. The molecule has 6 heteroatoms. The molecule has 1 aromatic rings. The van der Waals surface area contributed by atoms with Crippen LogP contribution < -0.4 is 10.6 Å². The van der Waals surface area contributed by atoms with Crippen LogP contribution in [0.2, 0.25) is 0 Å². The van der Waals surface area contributed by atoms with Crippen molar-refractivity contribution < 1.29 is 14.3 Å². The van der Waals surface area contributed by atoms with Gasteiger partial charge in [-0.1, -0.05) is 12.1 Å². The van der Waals surface area contributed by atoms with Gasteiger partial charge in [-0.15, -0.1) is 0 Å². The van der Waals surface area contributed by atoms with Crippen molar-refractivity contribution in [2.45, 2.75) is 26.4 Å². The Kier molecular flexibility index (Phi) is 8.29. The maximum Gasteiger partial charge on any atom is 0.252 e. The quantitative estimate of drug-likeness (QED) is 0.514. The second kappa shape index (κ2) is 9.73. The molecular formula is C15H21IN2O3. The third kappa shape index (κ3) is 7.42. The molecule has 0 aliphatic rings. The van der Waals surface area contributed by atoms with E-state index in [0.29, 0.717) is 18.7 Å². The van der Waals surface area contributed by atoms with Gasteiger partial charge in [-0.3, -0.25) is 9.59 Å². The third-order valence-corrected chi connectivity index (χ3v) is 3.56. The van der Waals surface area contributed by atoms with Crippen LogP contribution in [0.25, 0.3) is 0 Å². The molecule has 0 heterocycles. The van der Waals surface area contributed by atoms with Crippen LogP contribution >= 0.6 is 22.6 Å². The molecule has 0 bridgehead atoms. The fourth-order valence-electron chi connectivity index (χ4n) is 1.58. The summed E-state index contributed by atoms with van der Waals surface area (Å²) in [5, 5.41) is 5.35. The molecule has 0 unspecified atom stereocenters. The van der Waals surface area contributed by atoms with Gasteiger partial charge in [0, 0.05) is 16.7 Å². The summed E-state index contributed by atoms with van der Waals surface area (Å²) in [6.45, 7) is 5.09. The first-order valence-corrected chi connectivity index (χ1v) is 7.99. The van der Waals surface area contributed by atoms with Crippen LogP contribution in [0, 0.1) is 3.57 Å². The number of hydrogen-bond acceptors (Lipinski definition) is 3. The van der Waals surface area contributed by atoms with Gasteiger partial charge < -0.3 is 15.4 Å². The van der Waals surface area contributed by atoms with Gasteiger partial charge in [-0.05, 0) is 55.0 Å². The molecule has 5 nitrogen and oxygen atoms in total. The summed E-state index contributed by atoms with van der Waals surface area (Å²) in [6.07, 6.45) is 0.961. The maximum absolute atomic E-state index is 11.9. The van der Waals surface area contributed by atoms with Crippen molar-refractivity contribution in [3.63, 3.8) is 0 Å². The summed E-state index contributed by atoms with van der Waals surface area (Å²) in [7, 11) is 0. The van der Waals surface area contributed by atoms with Crippen LogP contribution in [0.4, 0.5) is 0 Å². The predicted molar refractivity (Wildman–Crippen MR) is 90.2 cm³/mol. The molecule has 2 N–H and O–H groups in total. The van der Waals surface area contributed by atoms with E-state index in [4.69, 9.17) is 4.74 Å². The molecular weight excluding hydrogens is 383 g/mol. The first-order chi connectivity index (χ1) is 10.0. The fourth-order valence-corrected chi connectivity index (χ4v) is 2.21. The summed E-state index contributed by atoms with van der Waals surface area (Å²) >= 11 is 2.09. The summed E-state index contributed by atoms with van der Waals surface area (Å²) in [5.74, 6) is -0.433. The SMILES string of the molecule is CC(C)OCCCNC(=O)CNC(=O)c1ccccc1I. The minimum Gasteiger partial charge on any atom is -0.379 e. The Bertz CT molecular complexity index is 478. The van der Waals surface area contributed by atoms with Gasteiger partial charge in [0.1, 0.15) is 0 Å². The Hall–Kier alpha value is -1.15. The summed E-state index contributed by atoms with van der Waals surface area (Å²) in [4.78, 5) is 23.5. The van der Waals surface area contributed by atoms with Gasteiger partial charge >= 0.3 is 0 Å². The fraction of sp³-hybridized carbons (Fsp3) is 0.467.